The van der Waals surface area contributed by atoms with Crippen LogP contribution in [-0.4, -0.2) is 53.9 Å². The van der Waals surface area contributed by atoms with Crippen molar-refractivity contribution in [2.75, 3.05) is 13.1 Å². The molecule has 132 valence electrons. The zero-order valence-electron chi connectivity index (χ0n) is 14.9. The highest BCUT2D eigenvalue weighted by molar-refractivity contribution is 5.68. The number of hydrogen-bond acceptors (Lipinski definition) is 4. The molecule has 5 heteroatoms. The fourth-order valence-electron chi connectivity index (χ4n) is 4.47. The van der Waals surface area contributed by atoms with E-state index in [9.17, 15) is 4.79 Å². The fraction of sp³-hybridized carbons (Fsp3) is 0.944. The molecule has 0 aromatic carbocycles. The van der Waals surface area contributed by atoms with Gasteiger partial charge < -0.3 is 20.3 Å². The van der Waals surface area contributed by atoms with Gasteiger partial charge in [-0.2, -0.15) is 0 Å². The summed E-state index contributed by atoms with van der Waals surface area (Å²) in [6.07, 6.45) is 8.36. The number of hydrogen-bond donors (Lipinski definition) is 2. The van der Waals surface area contributed by atoms with Gasteiger partial charge in [-0.05, 0) is 78.8 Å². The van der Waals surface area contributed by atoms with Crippen molar-refractivity contribution < 1.29 is 9.53 Å². The molecule has 4 atom stereocenters. The molecule has 23 heavy (non-hydrogen) atoms. The van der Waals surface area contributed by atoms with Crippen LogP contribution in [0.4, 0.5) is 4.79 Å². The number of carbonyl (C=O) groups is 1. The molecule has 1 aliphatic carbocycles. The van der Waals surface area contributed by atoms with Crippen LogP contribution < -0.4 is 10.6 Å². The van der Waals surface area contributed by atoms with Gasteiger partial charge in [-0.25, -0.2) is 4.79 Å². The summed E-state index contributed by atoms with van der Waals surface area (Å²) < 4.78 is 5.41. The first-order chi connectivity index (χ1) is 10.9. The molecule has 2 N–H and O–H groups in total. The van der Waals surface area contributed by atoms with Gasteiger partial charge in [0, 0.05) is 24.2 Å². The largest absolute Gasteiger partial charge is 0.444 e. The standard InChI is InChI=1S/C18H33N3O2/c1-18(2,3)23-17(22)20-16-8-4-7-15(16)19-13-9-11-21-10-5-6-14(21)12-13/h13-16,19H,4-12H2,1-3H3,(H,20,22). The highest BCUT2D eigenvalue weighted by atomic mass is 16.6. The van der Waals surface area contributed by atoms with Gasteiger partial charge in [-0.3, -0.25) is 0 Å². The van der Waals surface area contributed by atoms with Gasteiger partial charge in [0.2, 0.25) is 0 Å². The molecule has 2 saturated heterocycles. The number of amides is 1. The van der Waals surface area contributed by atoms with Crippen molar-refractivity contribution in [1.82, 2.24) is 15.5 Å². The number of ether oxygens (including phenoxy) is 1. The highest BCUT2D eigenvalue weighted by Gasteiger charge is 2.35. The maximum absolute atomic E-state index is 12.0. The predicted octanol–water partition coefficient (Wildman–Crippen LogP) is 2.65. The minimum atomic E-state index is -0.430. The second kappa shape index (κ2) is 6.98. The van der Waals surface area contributed by atoms with Gasteiger partial charge >= 0.3 is 6.09 Å². The maximum atomic E-state index is 12.0. The highest BCUT2D eigenvalue weighted by Crippen LogP contribution is 2.28. The van der Waals surface area contributed by atoms with Gasteiger partial charge in [0.25, 0.3) is 0 Å². The second-order valence-corrected chi connectivity index (χ2v) is 8.51. The molecule has 0 bridgehead atoms. The number of carbonyl (C=O) groups excluding carboxylic acids is 1. The van der Waals surface area contributed by atoms with E-state index < -0.39 is 5.60 Å². The Hall–Kier alpha value is -0.810. The predicted molar refractivity (Wildman–Crippen MR) is 91.5 cm³/mol. The van der Waals surface area contributed by atoms with Crippen molar-refractivity contribution in [3.05, 3.63) is 0 Å². The molecule has 2 heterocycles. The van der Waals surface area contributed by atoms with Crippen LogP contribution in [0.2, 0.25) is 0 Å². The molecule has 1 amide bonds. The second-order valence-electron chi connectivity index (χ2n) is 8.51. The van der Waals surface area contributed by atoms with Crippen molar-refractivity contribution in [3.8, 4) is 0 Å². The van der Waals surface area contributed by atoms with Crippen LogP contribution in [0.15, 0.2) is 0 Å². The Morgan fingerprint density at radius 1 is 1.04 bits per heavy atom. The van der Waals surface area contributed by atoms with Crippen LogP contribution in [0.3, 0.4) is 0 Å². The molecule has 3 fully saturated rings. The molecule has 1 saturated carbocycles. The normalized spacial score (nSPS) is 35.1. The fourth-order valence-corrected chi connectivity index (χ4v) is 4.47. The van der Waals surface area contributed by atoms with Gasteiger partial charge in [-0.1, -0.05) is 0 Å². The van der Waals surface area contributed by atoms with Crippen molar-refractivity contribution in [3.63, 3.8) is 0 Å². The van der Waals surface area contributed by atoms with E-state index in [2.05, 4.69) is 15.5 Å². The van der Waals surface area contributed by atoms with E-state index >= 15 is 0 Å². The van der Waals surface area contributed by atoms with Crippen LogP contribution in [0.25, 0.3) is 0 Å². The number of piperidine rings is 1. The molecule has 3 rings (SSSR count). The third-order valence-electron chi connectivity index (χ3n) is 5.49. The first kappa shape index (κ1) is 17.0. The van der Waals surface area contributed by atoms with Gasteiger partial charge in [-0.15, -0.1) is 0 Å². The summed E-state index contributed by atoms with van der Waals surface area (Å²) in [6, 6.07) is 2.02. The molecule has 5 nitrogen and oxygen atoms in total. The molecule has 0 radical (unpaired) electrons. The Morgan fingerprint density at radius 3 is 2.61 bits per heavy atom. The zero-order valence-corrected chi connectivity index (χ0v) is 14.9. The topological polar surface area (TPSA) is 53.6 Å². The van der Waals surface area contributed by atoms with E-state index in [0.29, 0.717) is 12.1 Å². The van der Waals surface area contributed by atoms with Crippen LogP contribution in [0.1, 0.15) is 65.7 Å². The van der Waals surface area contributed by atoms with E-state index in [1.807, 2.05) is 20.8 Å². The summed E-state index contributed by atoms with van der Waals surface area (Å²) in [5.74, 6) is 0. The number of fused-ring (bicyclic) bond motifs is 1. The maximum Gasteiger partial charge on any atom is 0.407 e. The van der Waals surface area contributed by atoms with Crippen LogP contribution in [0.5, 0.6) is 0 Å². The lowest BCUT2D eigenvalue weighted by Crippen LogP contribution is -2.54. The lowest BCUT2D eigenvalue weighted by molar-refractivity contribution is 0.0494. The van der Waals surface area contributed by atoms with Crippen molar-refractivity contribution in [1.29, 1.82) is 0 Å². The number of nitrogens with zero attached hydrogens (tertiary/aromatic N) is 1. The molecule has 0 aromatic rings. The summed E-state index contributed by atoms with van der Waals surface area (Å²) in [6.45, 7) is 8.26. The van der Waals surface area contributed by atoms with Gasteiger partial charge in [0.1, 0.15) is 5.60 Å². The Labute approximate surface area is 140 Å². The van der Waals surface area contributed by atoms with Crippen LogP contribution in [0, 0.1) is 0 Å². The summed E-state index contributed by atoms with van der Waals surface area (Å²) in [7, 11) is 0. The smallest absolute Gasteiger partial charge is 0.407 e. The van der Waals surface area contributed by atoms with Crippen molar-refractivity contribution >= 4 is 6.09 Å². The monoisotopic (exact) mass is 323 g/mol. The van der Waals surface area contributed by atoms with Crippen molar-refractivity contribution in [2.45, 2.75) is 95.5 Å². The molecule has 3 aliphatic rings. The lowest BCUT2D eigenvalue weighted by atomic mass is 9.96. The van der Waals surface area contributed by atoms with Crippen molar-refractivity contribution in [2.24, 2.45) is 0 Å². The Balaban J connectivity index is 1.48. The third-order valence-corrected chi connectivity index (χ3v) is 5.49. The first-order valence-electron chi connectivity index (χ1n) is 9.40. The number of rotatable bonds is 3. The molecule has 2 aliphatic heterocycles. The first-order valence-corrected chi connectivity index (χ1v) is 9.40. The Kier molecular flexibility index (Phi) is 5.16. The van der Waals surface area contributed by atoms with E-state index in [0.717, 1.165) is 18.9 Å². The molecular weight excluding hydrogens is 290 g/mol. The summed E-state index contributed by atoms with van der Waals surface area (Å²) in [4.78, 5) is 14.7. The van der Waals surface area contributed by atoms with Gasteiger partial charge in [0.15, 0.2) is 0 Å². The third kappa shape index (κ3) is 4.60. The number of alkyl carbamates (subject to hydrolysis) is 1. The summed E-state index contributed by atoms with van der Waals surface area (Å²) >= 11 is 0. The lowest BCUT2D eigenvalue weighted by Gasteiger charge is -2.37. The van der Waals surface area contributed by atoms with E-state index in [-0.39, 0.29) is 12.1 Å². The number of nitrogens with one attached hydrogen (secondary N) is 2. The van der Waals surface area contributed by atoms with E-state index in [1.54, 1.807) is 0 Å². The minimum absolute atomic E-state index is 0.214. The zero-order chi connectivity index (χ0) is 16.4. The van der Waals surface area contributed by atoms with Crippen LogP contribution in [-0.2, 0) is 4.74 Å². The summed E-state index contributed by atoms with van der Waals surface area (Å²) in [5.41, 5.74) is -0.430. The van der Waals surface area contributed by atoms with E-state index in [1.165, 1.54) is 45.2 Å². The Bertz CT molecular complexity index is 421. The average molecular weight is 323 g/mol. The van der Waals surface area contributed by atoms with Gasteiger partial charge in [0.05, 0.1) is 0 Å². The SMILES string of the molecule is CC(C)(C)OC(=O)NC1CCCC1NC1CCN2CCCC2C1. The molecule has 0 spiro atoms. The van der Waals surface area contributed by atoms with E-state index in [4.69, 9.17) is 4.74 Å². The quantitative estimate of drug-likeness (QED) is 0.838. The summed E-state index contributed by atoms with van der Waals surface area (Å²) in [5, 5.41) is 6.94. The molecule has 0 aromatic heterocycles. The molecule has 4 unspecified atom stereocenters. The minimum Gasteiger partial charge on any atom is -0.444 e. The Morgan fingerprint density at radius 2 is 1.83 bits per heavy atom. The van der Waals surface area contributed by atoms with Crippen LogP contribution >= 0.6 is 0 Å². The average Bonchev–Trinajstić information content (AvgIpc) is 3.06. The molecular formula is C18H33N3O2.